The van der Waals surface area contributed by atoms with Crippen LogP contribution in [0.3, 0.4) is 0 Å². The van der Waals surface area contributed by atoms with Gasteiger partial charge in [0.15, 0.2) is 9.84 Å². The molecule has 1 aromatic carbocycles. The summed E-state index contributed by atoms with van der Waals surface area (Å²) in [6, 6.07) is 6.86. The zero-order chi connectivity index (χ0) is 24.7. The van der Waals surface area contributed by atoms with Gasteiger partial charge in [0.05, 0.1) is 35.8 Å². The maximum absolute atomic E-state index is 14.7. The number of rotatable bonds is 6. The number of halogens is 2. The van der Waals surface area contributed by atoms with Crippen molar-refractivity contribution in [3.63, 3.8) is 0 Å². The van der Waals surface area contributed by atoms with Crippen LogP contribution in [0.5, 0.6) is 0 Å². The Kier molecular flexibility index (Phi) is 5.95. The summed E-state index contributed by atoms with van der Waals surface area (Å²) in [5, 5.41) is 5.94. The van der Waals surface area contributed by atoms with Crippen LogP contribution in [0, 0.1) is 0 Å². The number of nitrogens with one attached hydrogen (secondary N) is 3. The molecule has 3 N–H and O–H groups in total. The standard InChI is InChI=1S/C20H19F2N5O6S/c1-34(31,32)12-4-2-11(3-5-12)9-33-16-8-27(10-20(16,21)22)15-6-14(25-26-18(15)29)13-7-23-19(30)24-17(13)28/h2-7,16H,8-10H2,1H3,(H,26,29)(H2,23,24,28,30). The van der Waals surface area contributed by atoms with Gasteiger partial charge in [-0.15, -0.1) is 0 Å². The number of ether oxygens (including phenoxy) is 1. The van der Waals surface area contributed by atoms with Crippen molar-refractivity contribution in [3.05, 3.63) is 73.3 Å². The van der Waals surface area contributed by atoms with E-state index in [-0.39, 0.29) is 35.0 Å². The molecule has 11 nitrogen and oxygen atoms in total. The molecule has 1 unspecified atom stereocenters. The first kappa shape index (κ1) is 23.5. The Morgan fingerprint density at radius 1 is 1.18 bits per heavy atom. The summed E-state index contributed by atoms with van der Waals surface area (Å²) in [7, 11) is -3.38. The molecule has 3 heterocycles. The number of aromatic amines is 3. The van der Waals surface area contributed by atoms with E-state index in [1.807, 2.05) is 4.98 Å². The van der Waals surface area contributed by atoms with Crippen molar-refractivity contribution in [3.8, 4) is 11.3 Å². The maximum atomic E-state index is 14.7. The number of hydrogen-bond donors (Lipinski definition) is 3. The largest absolute Gasteiger partial charge is 0.365 e. The molecule has 1 aliphatic heterocycles. The number of H-pyrrole nitrogens is 3. The molecule has 180 valence electrons. The van der Waals surface area contributed by atoms with Gasteiger partial charge >= 0.3 is 5.69 Å². The van der Waals surface area contributed by atoms with Crippen LogP contribution in [0.15, 0.2) is 55.8 Å². The van der Waals surface area contributed by atoms with Gasteiger partial charge in [-0.3, -0.25) is 14.6 Å². The summed E-state index contributed by atoms with van der Waals surface area (Å²) >= 11 is 0. The third-order valence-electron chi connectivity index (χ3n) is 5.28. The highest BCUT2D eigenvalue weighted by atomic mass is 32.2. The summed E-state index contributed by atoms with van der Waals surface area (Å²) in [4.78, 5) is 41.1. The smallest absolute Gasteiger partial charge is 0.325 e. The van der Waals surface area contributed by atoms with Crippen molar-refractivity contribution in [1.29, 1.82) is 0 Å². The molecule has 1 saturated heterocycles. The minimum Gasteiger partial charge on any atom is -0.365 e. The molecule has 3 aromatic rings. The highest BCUT2D eigenvalue weighted by Gasteiger charge is 2.49. The van der Waals surface area contributed by atoms with Crippen molar-refractivity contribution in [2.45, 2.75) is 23.5 Å². The lowest BCUT2D eigenvalue weighted by molar-refractivity contribution is -0.110. The van der Waals surface area contributed by atoms with E-state index in [2.05, 4.69) is 15.2 Å². The Morgan fingerprint density at radius 3 is 2.53 bits per heavy atom. The van der Waals surface area contributed by atoms with Crippen LogP contribution in [0.2, 0.25) is 0 Å². The van der Waals surface area contributed by atoms with Gasteiger partial charge in [0.1, 0.15) is 11.8 Å². The average Bonchev–Trinajstić information content (AvgIpc) is 3.06. The summed E-state index contributed by atoms with van der Waals surface area (Å²) in [5.41, 5.74) is -1.95. The van der Waals surface area contributed by atoms with Crippen LogP contribution in [0.25, 0.3) is 11.3 Å². The van der Waals surface area contributed by atoms with E-state index in [0.29, 0.717) is 5.56 Å². The Morgan fingerprint density at radius 2 is 1.88 bits per heavy atom. The Hall–Kier alpha value is -3.65. The number of hydrogen-bond acceptors (Lipinski definition) is 8. The molecule has 2 aromatic heterocycles. The van der Waals surface area contributed by atoms with Gasteiger partial charge in [-0.25, -0.2) is 27.1 Å². The molecule has 0 saturated carbocycles. The van der Waals surface area contributed by atoms with E-state index in [0.717, 1.165) is 17.4 Å². The predicted molar refractivity (Wildman–Crippen MR) is 117 cm³/mol. The van der Waals surface area contributed by atoms with Crippen molar-refractivity contribution in [2.24, 2.45) is 0 Å². The van der Waals surface area contributed by atoms with Crippen LogP contribution in [0.1, 0.15) is 5.56 Å². The number of alkyl halides is 2. The molecule has 0 amide bonds. The molecule has 0 radical (unpaired) electrons. The third kappa shape index (κ3) is 4.82. The second-order valence-corrected chi connectivity index (χ2v) is 9.83. The second kappa shape index (κ2) is 8.61. The van der Waals surface area contributed by atoms with Crippen LogP contribution >= 0.6 is 0 Å². The first-order valence-electron chi connectivity index (χ1n) is 9.89. The van der Waals surface area contributed by atoms with E-state index < -0.39 is 45.2 Å². The number of sulfone groups is 1. The maximum Gasteiger partial charge on any atom is 0.325 e. The van der Waals surface area contributed by atoms with Gasteiger partial charge in [-0.1, -0.05) is 12.1 Å². The van der Waals surface area contributed by atoms with Crippen LogP contribution in [-0.2, 0) is 21.2 Å². The van der Waals surface area contributed by atoms with E-state index in [9.17, 15) is 31.6 Å². The summed E-state index contributed by atoms with van der Waals surface area (Å²) in [6.07, 6.45) is 0.617. The van der Waals surface area contributed by atoms with Gasteiger partial charge in [-0.05, 0) is 23.8 Å². The molecule has 14 heteroatoms. The number of nitrogens with zero attached hydrogens (tertiary/aromatic N) is 2. The quantitative estimate of drug-likeness (QED) is 0.439. The second-order valence-electron chi connectivity index (χ2n) is 7.81. The Bertz CT molecular complexity index is 1500. The minimum absolute atomic E-state index is 0.0225. The molecule has 34 heavy (non-hydrogen) atoms. The third-order valence-corrected chi connectivity index (χ3v) is 6.41. The van der Waals surface area contributed by atoms with Crippen molar-refractivity contribution >= 4 is 15.5 Å². The van der Waals surface area contributed by atoms with E-state index in [1.54, 1.807) is 0 Å². The highest BCUT2D eigenvalue weighted by Crippen LogP contribution is 2.33. The summed E-state index contributed by atoms with van der Waals surface area (Å²) in [5.74, 6) is -3.29. The molecule has 1 atom stereocenters. The monoisotopic (exact) mass is 495 g/mol. The lowest BCUT2D eigenvalue weighted by Gasteiger charge is -2.18. The zero-order valence-electron chi connectivity index (χ0n) is 17.7. The fourth-order valence-electron chi connectivity index (χ4n) is 3.51. The molecule has 0 aliphatic carbocycles. The SMILES string of the molecule is CS(=O)(=O)c1ccc(COC2CN(c3cc(-c4c[nH]c(=O)[nH]c4=O)n[nH]c3=O)CC2(F)F)cc1. The molecule has 1 aliphatic rings. The predicted octanol–water partition coefficient (Wildman–Crippen LogP) is 0.258. The van der Waals surface area contributed by atoms with Crippen LogP contribution in [0.4, 0.5) is 14.5 Å². The van der Waals surface area contributed by atoms with Gasteiger partial charge in [0.2, 0.25) is 0 Å². The lowest BCUT2D eigenvalue weighted by atomic mass is 10.2. The topological polar surface area (TPSA) is 158 Å². The van der Waals surface area contributed by atoms with Gasteiger partial charge in [-0.2, -0.15) is 5.10 Å². The number of aromatic nitrogens is 4. The fourth-order valence-corrected chi connectivity index (χ4v) is 4.14. The molecular formula is C20H19F2N5O6S. The number of anilines is 1. The molecule has 4 rings (SSSR count). The molecule has 0 bridgehead atoms. The molecule has 1 fully saturated rings. The highest BCUT2D eigenvalue weighted by molar-refractivity contribution is 7.90. The summed E-state index contributed by atoms with van der Waals surface area (Å²) < 4.78 is 57.8. The van der Waals surface area contributed by atoms with Gasteiger partial charge in [0, 0.05) is 12.5 Å². The van der Waals surface area contributed by atoms with Gasteiger partial charge in [0.25, 0.3) is 17.0 Å². The van der Waals surface area contributed by atoms with Crippen molar-refractivity contribution < 1.29 is 21.9 Å². The van der Waals surface area contributed by atoms with E-state index >= 15 is 0 Å². The van der Waals surface area contributed by atoms with Crippen molar-refractivity contribution in [2.75, 3.05) is 24.2 Å². The van der Waals surface area contributed by atoms with Crippen molar-refractivity contribution in [1.82, 2.24) is 20.2 Å². The average molecular weight is 495 g/mol. The van der Waals surface area contributed by atoms with Gasteiger partial charge < -0.3 is 14.6 Å². The minimum atomic E-state index is -3.38. The lowest BCUT2D eigenvalue weighted by Crippen LogP contribution is -2.34. The molecule has 0 spiro atoms. The summed E-state index contributed by atoms with van der Waals surface area (Å²) in [6.45, 7) is -1.31. The Balaban J connectivity index is 1.53. The molecular weight excluding hydrogens is 476 g/mol. The van der Waals surface area contributed by atoms with E-state index in [4.69, 9.17) is 4.74 Å². The first-order chi connectivity index (χ1) is 15.9. The zero-order valence-corrected chi connectivity index (χ0v) is 18.5. The number of benzene rings is 1. The van der Waals surface area contributed by atoms with Crippen LogP contribution < -0.4 is 21.7 Å². The van der Waals surface area contributed by atoms with Crippen LogP contribution in [-0.4, -0.2) is 60.0 Å². The van der Waals surface area contributed by atoms with E-state index in [1.165, 1.54) is 30.3 Å². The first-order valence-corrected chi connectivity index (χ1v) is 11.8. The normalized spacial score (nSPS) is 17.7. The fraction of sp³-hybridized carbons (Fsp3) is 0.300. The Labute approximate surface area is 190 Å².